The van der Waals surface area contributed by atoms with Crippen molar-refractivity contribution in [2.75, 3.05) is 0 Å². The van der Waals surface area contributed by atoms with E-state index in [9.17, 15) is 9.59 Å². The van der Waals surface area contributed by atoms with Crippen LogP contribution >= 0.6 is 0 Å². The van der Waals surface area contributed by atoms with Crippen LogP contribution in [0.15, 0.2) is 5.16 Å². The topological polar surface area (TPSA) is 117 Å². The number of oxime groups is 1. The number of nitrogens with one attached hydrogen (secondary N) is 2. The lowest BCUT2D eigenvalue weighted by Crippen LogP contribution is -2.50. The molecule has 7 nitrogen and oxygen atoms in total. The maximum absolute atomic E-state index is 11.8. The van der Waals surface area contributed by atoms with Gasteiger partial charge in [-0.25, -0.2) is 0 Å². The molecule has 0 rings (SSSR count). The van der Waals surface area contributed by atoms with Gasteiger partial charge in [-0.3, -0.25) is 9.59 Å². The summed E-state index contributed by atoms with van der Waals surface area (Å²) in [4.78, 5) is 23.4. The van der Waals surface area contributed by atoms with E-state index in [4.69, 9.17) is 10.9 Å². The van der Waals surface area contributed by atoms with Gasteiger partial charge < -0.3 is 21.6 Å². The molecule has 7 heteroatoms. The number of carbonyl (C=O) groups is 2. The average Bonchev–Trinajstić information content (AvgIpc) is 2.28. The number of hydrogen-bond donors (Lipinski definition) is 4. The predicted octanol–water partition coefficient (Wildman–Crippen LogP) is -0.212. The van der Waals surface area contributed by atoms with Crippen molar-refractivity contribution >= 4 is 17.6 Å². The summed E-state index contributed by atoms with van der Waals surface area (Å²) in [5.41, 5.74) is 5.40. The lowest BCUT2D eigenvalue weighted by molar-refractivity contribution is -0.130. The molecule has 0 spiro atoms. The van der Waals surface area contributed by atoms with Gasteiger partial charge >= 0.3 is 0 Å². The minimum atomic E-state index is -0.732. The molecule has 0 bridgehead atoms. The maximum atomic E-state index is 11.8. The Labute approximate surface area is 107 Å². The Morgan fingerprint density at radius 2 is 1.78 bits per heavy atom. The van der Waals surface area contributed by atoms with E-state index in [0.29, 0.717) is 6.42 Å². The van der Waals surface area contributed by atoms with Crippen LogP contribution in [0, 0.1) is 5.92 Å². The summed E-state index contributed by atoms with van der Waals surface area (Å²) in [6, 6.07) is -0.664. The molecular weight excluding hydrogens is 236 g/mol. The van der Waals surface area contributed by atoms with Crippen LogP contribution in [-0.4, -0.2) is 34.9 Å². The Morgan fingerprint density at radius 3 is 2.17 bits per heavy atom. The van der Waals surface area contributed by atoms with Crippen molar-refractivity contribution in [3.63, 3.8) is 0 Å². The average molecular weight is 258 g/mol. The van der Waals surface area contributed by atoms with Crippen LogP contribution in [0.4, 0.5) is 0 Å². The zero-order valence-corrected chi connectivity index (χ0v) is 11.2. The molecule has 18 heavy (non-hydrogen) atoms. The van der Waals surface area contributed by atoms with Gasteiger partial charge in [-0.2, -0.15) is 0 Å². The second-order valence-electron chi connectivity index (χ2n) is 4.38. The summed E-state index contributed by atoms with van der Waals surface area (Å²) in [6.45, 7) is 6.98. The highest BCUT2D eigenvalue weighted by Gasteiger charge is 2.24. The van der Waals surface area contributed by atoms with Gasteiger partial charge in [0, 0.05) is 6.04 Å². The molecule has 0 aliphatic rings. The molecule has 0 aromatic carbocycles. The Kier molecular flexibility index (Phi) is 6.77. The summed E-state index contributed by atoms with van der Waals surface area (Å²) in [5.74, 6) is -1.59. The Bertz CT molecular complexity index is 328. The molecule has 0 saturated carbocycles. The third-order valence-corrected chi connectivity index (χ3v) is 2.38. The van der Waals surface area contributed by atoms with Crippen molar-refractivity contribution in [2.45, 2.75) is 46.2 Å². The highest BCUT2D eigenvalue weighted by atomic mass is 16.4. The highest BCUT2D eigenvalue weighted by molar-refractivity contribution is 6.03. The first kappa shape index (κ1) is 16.2. The van der Waals surface area contributed by atoms with Crippen molar-refractivity contribution in [3.05, 3.63) is 0 Å². The van der Waals surface area contributed by atoms with Crippen LogP contribution < -0.4 is 16.4 Å². The van der Waals surface area contributed by atoms with Crippen molar-refractivity contribution in [2.24, 2.45) is 16.8 Å². The fourth-order valence-corrected chi connectivity index (χ4v) is 1.39. The van der Waals surface area contributed by atoms with Gasteiger partial charge in [0.1, 0.15) is 6.04 Å². The minimum absolute atomic E-state index is 0.00268. The van der Waals surface area contributed by atoms with Crippen LogP contribution in [0.1, 0.15) is 34.1 Å². The van der Waals surface area contributed by atoms with Gasteiger partial charge in [-0.1, -0.05) is 12.1 Å². The van der Waals surface area contributed by atoms with E-state index in [0.717, 1.165) is 0 Å². The van der Waals surface area contributed by atoms with Gasteiger partial charge in [0.05, 0.1) is 5.92 Å². The molecule has 0 aromatic rings. The molecule has 0 radical (unpaired) electrons. The first-order valence-electron chi connectivity index (χ1n) is 5.91. The van der Waals surface area contributed by atoms with Gasteiger partial charge in [-0.15, -0.1) is 0 Å². The molecule has 0 aromatic heterocycles. The molecule has 2 atom stereocenters. The molecule has 0 fully saturated rings. The molecule has 2 unspecified atom stereocenters. The van der Waals surface area contributed by atoms with Crippen molar-refractivity contribution in [1.82, 2.24) is 10.6 Å². The van der Waals surface area contributed by atoms with E-state index in [1.54, 1.807) is 13.8 Å². The smallest absolute Gasteiger partial charge is 0.242 e. The number of hydrogen-bond acceptors (Lipinski definition) is 4. The Balaban J connectivity index is 4.50. The van der Waals surface area contributed by atoms with Crippen molar-refractivity contribution < 1.29 is 14.8 Å². The first-order chi connectivity index (χ1) is 8.33. The van der Waals surface area contributed by atoms with Crippen LogP contribution in [0.25, 0.3) is 0 Å². The van der Waals surface area contributed by atoms with E-state index in [2.05, 4.69) is 15.8 Å². The van der Waals surface area contributed by atoms with E-state index >= 15 is 0 Å². The van der Waals surface area contributed by atoms with Crippen LogP contribution in [0.2, 0.25) is 0 Å². The quantitative estimate of drug-likeness (QED) is 0.228. The third-order valence-electron chi connectivity index (χ3n) is 2.38. The minimum Gasteiger partial charge on any atom is -0.409 e. The Morgan fingerprint density at radius 1 is 1.22 bits per heavy atom. The molecule has 104 valence electrons. The van der Waals surface area contributed by atoms with Gasteiger partial charge in [0.2, 0.25) is 11.8 Å². The summed E-state index contributed by atoms with van der Waals surface area (Å²) in [6.07, 6.45) is 0.389. The van der Waals surface area contributed by atoms with Crippen molar-refractivity contribution in [3.8, 4) is 0 Å². The van der Waals surface area contributed by atoms with Crippen molar-refractivity contribution in [1.29, 1.82) is 0 Å². The van der Waals surface area contributed by atoms with Gasteiger partial charge in [0.25, 0.3) is 0 Å². The van der Waals surface area contributed by atoms with Gasteiger partial charge in [-0.05, 0) is 27.2 Å². The third kappa shape index (κ3) is 5.03. The van der Waals surface area contributed by atoms with E-state index in [1.165, 1.54) is 0 Å². The summed E-state index contributed by atoms with van der Waals surface area (Å²) in [5, 5.41) is 16.6. The van der Waals surface area contributed by atoms with Gasteiger partial charge in [0.15, 0.2) is 5.84 Å². The molecule has 0 aliphatic heterocycles. The number of amidine groups is 1. The standard InChI is InChI=1S/C11H22N4O3/c1-5-8(9(12)15-18)11(17)14-7(4)10(16)13-6(2)3/h6-8,18H,5H2,1-4H3,(H2,12,15)(H,13,16)(H,14,17). The summed E-state index contributed by atoms with van der Waals surface area (Å²) in [7, 11) is 0. The monoisotopic (exact) mass is 258 g/mol. The zero-order chi connectivity index (χ0) is 14.3. The number of carbonyl (C=O) groups excluding carboxylic acids is 2. The summed E-state index contributed by atoms with van der Waals surface area (Å²) < 4.78 is 0. The lowest BCUT2D eigenvalue weighted by Gasteiger charge is -2.19. The van der Waals surface area contributed by atoms with Crippen LogP contribution in [-0.2, 0) is 9.59 Å². The SMILES string of the molecule is CCC(C(=O)NC(C)C(=O)NC(C)C)C(N)=NO. The number of amides is 2. The van der Waals surface area contributed by atoms with Crippen LogP contribution in [0.3, 0.4) is 0 Å². The maximum Gasteiger partial charge on any atom is 0.242 e. The Hall–Kier alpha value is -1.79. The number of nitrogens with two attached hydrogens (primary N) is 1. The largest absolute Gasteiger partial charge is 0.409 e. The normalized spacial score (nSPS) is 15.1. The highest BCUT2D eigenvalue weighted by Crippen LogP contribution is 2.03. The predicted molar refractivity (Wildman–Crippen MR) is 68.1 cm³/mol. The van der Waals surface area contributed by atoms with E-state index < -0.39 is 17.9 Å². The second-order valence-corrected chi connectivity index (χ2v) is 4.38. The molecule has 5 N–H and O–H groups in total. The number of nitrogens with zero attached hydrogens (tertiary/aromatic N) is 1. The first-order valence-corrected chi connectivity index (χ1v) is 5.91. The summed E-state index contributed by atoms with van der Waals surface area (Å²) >= 11 is 0. The zero-order valence-electron chi connectivity index (χ0n) is 11.2. The molecule has 0 saturated heterocycles. The molecule has 0 aliphatic carbocycles. The van der Waals surface area contributed by atoms with E-state index in [1.807, 2.05) is 13.8 Å². The molecular formula is C11H22N4O3. The second kappa shape index (κ2) is 7.52. The lowest BCUT2D eigenvalue weighted by atomic mass is 10.0. The fraction of sp³-hybridized carbons (Fsp3) is 0.727. The molecule has 2 amide bonds. The van der Waals surface area contributed by atoms with E-state index in [-0.39, 0.29) is 17.8 Å². The fourth-order valence-electron chi connectivity index (χ4n) is 1.39. The number of rotatable bonds is 6. The molecule has 0 heterocycles. The van der Waals surface area contributed by atoms with Crippen LogP contribution in [0.5, 0.6) is 0 Å².